The van der Waals surface area contributed by atoms with Crippen molar-refractivity contribution in [2.75, 3.05) is 6.54 Å². The van der Waals surface area contributed by atoms with Gasteiger partial charge in [-0.3, -0.25) is 4.68 Å². The van der Waals surface area contributed by atoms with Gasteiger partial charge in [-0.15, -0.1) is 0 Å². The van der Waals surface area contributed by atoms with E-state index in [2.05, 4.69) is 24.3 Å². The summed E-state index contributed by atoms with van der Waals surface area (Å²) in [5.74, 6) is 0.817. The summed E-state index contributed by atoms with van der Waals surface area (Å²) in [4.78, 5) is 0. The molecule has 0 saturated heterocycles. The Labute approximate surface area is 112 Å². The maximum atomic E-state index is 5.83. The summed E-state index contributed by atoms with van der Waals surface area (Å²) < 4.78 is 7.44. The highest BCUT2D eigenvalue weighted by atomic mass is 35.5. The zero-order chi connectivity index (χ0) is 13.0. The van der Waals surface area contributed by atoms with Gasteiger partial charge in [-0.2, -0.15) is 5.10 Å². The fraction of sp³-hybridized carbons (Fsp3) is 0.462. The minimum atomic E-state index is 0.00751. The highest BCUT2D eigenvalue weighted by molar-refractivity contribution is 6.28. The first-order valence-electron chi connectivity index (χ1n) is 6.25. The van der Waals surface area contributed by atoms with E-state index in [1.807, 2.05) is 23.1 Å². The number of halogens is 1. The van der Waals surface area contributed by atoms with Crippen LogP contribution in [0.5, 0.6) is 0 Å². The Bertz CT molecular complexity index is 492. The molecule has 0 radical (unpaired) electrons. The molecule has 2 aromatic heterocycles. The second kappa shape index (κ2) is 6.07. The zero-order valence-electron chi connectivity index (χ0n) is 10.7. The summed E-state index contributed by atoms with van der Waals surface area (Å²) in [6.07, 6.45) is 4.99. The number of hydrogen-bond acceptors (Lipinski definition) is 3. The Balaban J connectivity index is 2.23. The van der Waals surface area contributed by atoms with E-state index in [4.69, 9.17) is 16.0 Å². The van der Waals surface area contributed by atoms with Gasteiger partial charge in [-0.25, -0.2) is 0 Å². The Morgan fingerprint density at radius 2 is 2.28 bits per heavy atom. The molecule has 0 spiro atoms. The van der Waals surface area contributed by atoms with Crippen LogP contribution in [-0.2, 0) is 6.54 Å². The highest BCUT2D eigenvalue weighted by Crippen LogP contribution is 2.25. The molecule has 0 aromatic carbocycles. The van der Waals surface area contributed by atoms with Crippen LogP contribution in [-0.4, -0.2) is 16.3 Å². The molecule has 1 atom stereocenters. The molecule has 2 aromatic rings. The van der Waals surface area contributed by atoms with Gasteiger partial charge >= 0.3 is 0 Å². The molecule has 1 N–H and O–H groups in total. The fourth-order valence-corrected chi connectivity index (χ4v) is 2.10. The van der Waals surface area contributed by atoms with Crippen LogP contribution in [0.15, 0.2) is 28.9 Å². The van der Waals surface area contributed by atoms with Gasteiger partial charge in [0.2, 0.25) is 0 Å². The SMILES string of the molecule is CCCn1cc(C(NCC)c2ccc(Cl)o2)cn1. The van der Waals surface area contributed by atoms with Crippen molar-refractivity contribution in [2.24, 2.45) is 0 Å². The van der Waals surface area contributed by atoms with Crippen LogP contribution in [0.2, 0.25) is 5.22 Å². The zero-order valence-corrected chi connectivity index (χ0v) is 11.4. The third-order valence-corrected chi connectivity index (χ3v) is 2.93. The van der Waals surface area contributed by atoms with Gasteiger partial charge in [0.15, 0.2) is 5.22 Å². The molecular weight excluding hydrogens is 250 g/mol. The minimum absolute atomic E-state index is 0.00751. The lowest BCUT2D eigenvalue weighted by Gasteiger charge is -2.13. The van der Waals surface area contributed by atoms with Gasteiger partial charge in [0.05, 0.1) is 12.2 Å². The summed E-state index contributed by atoms with van der Waals surface area (Å²) in [6.45, 7) is 5.98. The monoisotopic (exact) mass is 267 g/mol. The van der Waals surface area contributed by atoms with E-state index in [0.717, 1.165) is 30.8 Å². The average Bonchev–Trinajstić information content (AvgIpc) is 2.96. The van der Waals surface area contributed by atoms with E-state index in [1.165, 1.54) is 0 Å². The minimum Gasteiger partial charge on any atom is -0.448 e. The lowest BCUT2D eigenvalue weighted by atomic mass is 10.1. The van der Waals surface area contributed by atoms with Gasteiger partial charge in [-0.1, -0.05) is 13.8 Å². The van der Waals surface area contributed by atoms with Crippen molar-refractivity contribution >= 4 is 11.6 Å². The second-order valence-electron chi connectivity index (χ2n) is 4.17. The third kappa shape index (κ3) is 2.94. The molecular formula is C13H18ClN3O. The maximum Gasteiger partial charge on any atom is 0.193 e. The Morgan fingerprint density at radius 1 is 1.44 bits per heavy atom. The molecule has 5 heteroatoms. The molecule has 0 fully saturated rings. The van der Waals surface area contributed by atoms with Gasteiger partial charge in [-0.05, 0) is 36.7 Å². The molecule has 4 nitrogen and oxygen atoms in total. The summed E-state index contributed by atoms with van der Waals surface area (Å²) in [5, 5.41) is 8.13. The number of aromatic nitrogens is 2. The molecule has 2 rings (SSSR count). The second-order valence-corrected chi connectivity index (χ2v) is 4.54. The first-order chi connectivity index (χ1) is 8.74. The van der Waals surface area contributed by atoms with E-state index in [-0.39, 0.29) is 6.04 Å². The lowest BCUT2D eigenvalue weighted by molar-refractivity contribution is 0.453. The summed E-state index contributed by atoms with van der Waals surface area (Å²) in [5.41, 5.74) is 1.09. The highest BCUT2D eigenvalue weighted by Gasteiger charge is 2.18. The third-order valence-electron chi connectivity index (χ3n) is 2.73. The predicted octanol–water partition coefficient (Wildman–Crippen LogP) is 3.24. The van der Waals surface area contributed by atoms with E-state index in [0.29, 0.717) is 5.22 Å². The Hall–Kier alpha value is -1.26. The summed E-state index contributed by atoms with van der Waals surface area (Å²) >= 11 is 5.83. The lowest BCUT2D eigenvalue weighted by Crippen LogP contribution is -2.21. The molecule has 0 saturated carbocycles. The first kappa shape index (κ1) is 13.2. The van der Waals surface area contributed by atoms with Crippen LogP contribution in [0.4, 0.5) is 0 Å². The van der Waals surface area contributed by atoms with Crippen LogP contribution in [0, 0.1) is 0 Å². The summed E-state index contributed by atoms with van der Waals surface area (Å²) in [7, 11) is 0. The number of aryl methyl sites for hydroxylation is 1. The van der Waals surface area contributed by atoms with Crippen LogP contribution in [0.3, 0.4) is 0 Å². The van der Waals surface area contributed by atoms with E-state index >= 15 is 0 Å². The number of rotatable bonds is 6. The van der Waals surface area contributed by atoms with Crippen molar-refractivity contribution in [3.05, 3.63) is 41.1 Å². The molecule has 0 amide bonds. The topological polar surface area (TPSA) is 43.0 Å². The van der Waals surface area contributed by atoms with Gasteiger partial charge < -0.3 is 9.73 Å². The van der Waals surface area contributed by atoms with Crippen LogP contribution in [0.25, 0.3) is 0 Å². The Morgan fingerprint density at radius 3 is 2.89 bits per heavy atom. The maximum absolute atomic E-state index is 5.83. The van der Waals surface area contributed by atoms with Crippen molar-refractivity contribution in [2.45, 2.75) is 32.9 Å². The van der Waals surface area contributed by atoms with Crippen molar-refractivity contribution in [1.29, 1.82) is 0 Å². The molecule has 0 aliphatic heterocycles. The smallest absolute Gasteiger partial charge is 0.193 e. The van der Waals surface area contributed by atoms with Crippen LogP contribution in [0.1, 0.15) is 37.6 Å². The van der Waals surface area contributed by atoms with Gasteiger partial charge in [0.1, 0.15) is 5.76 Å². The fourth-order valence-electron chi connectivity index (χ4n) is 1.95. The molecule has 0 aliphatic carbocycles. The van der Waals surface area contributed by atoms with Crippen LogP contribution < -0.4 is 5.32 Å². The van der Waals surface area contributed by atoms with Gasteiger partial charge in [0.25, 0.3) is 0 Å². The normalized spacial score (nSPS) is 12.8. The predicted molar refractivity (Wildman–Crippen MR) is 71.8 cm³/mol. The van der Waals surface area contributed by atoms with Crippen molar-refractivity contribution in [1.82, 2.24) is 15.1 Å². The largest absolute Gasteiger partial charge is 0.448 e. The average molecular weight is 268 g/mol. The molecule has 0 aliphatic rings. The summed E-state index contributed by atoms with van der Waals surface area (Å²) in [6, 6.07) is 3.66. The van der Waals surface area contributed by atoms with Crippen LogP contribution >= 0.6 is 11.6 Å². The van der Waals surface area contributed by atoms with E-state index in [9.17, 15) is 0 Å². The number of hydrogen-bond donors (Lipinski definition) is 1. The molecule has 1 unspecified atom stereocenters. The van der Waals surface area contributed by atoms with Crippen molar-refractivity contribution in [3.63, 3.8) is 0 Å². The first-order valence-corrected chi connectivity index (χ1v) is 6.63. The number of nitrogens with zero attached hydrogens (tertiary/aromatic N) is 2. The number of nitrogens with one attached hydrogen (secondary N) is 1. The van der Waals surface area contributed by atoms with Crippen molar-refractivity contribution in [3.8, 4) is 0 Å². The van der Waals surface area contributed by atoms with Crippen molar-refractivity contribution < 1.29 is 4.42 Å². The van der Waals surface area contributed by atoms with E-state index < -0.39 is 0 Å². The quantitative estimate of drug-likeness (QED) is 0.874. The standard InChI is InChI=1S/C13H18ClN3O/c1-3-7-17-9-10(8-16-17)13(15-4-2)11-5-6-12(14)18-11/h5-6,8-9,13,15H,3-4,7H2,1-2H3. The molecule has 2 heterocycles. The van der Waals surface area contributed by atoms with E-state index in [1.54, 1.807) is 6.07 Å². The number of furan rings is 1. The molecule has 18 heavy (non-hydrogen) atoms. The Kier molecular flexibility index (Phi) is 4.44. The van der Waals surface area contributed by atoms with Gasteiger partial charge in [0, 0.05) is 18.3 Å². The molecule has 98 valence electrons. The molecule has 0 bridgehead atoms.